The van der Waals surface area contributed by atoms with Crippen LogP contribution in [0.4, 0.5) is 8.78 Å². The van der Waals surface area contributed by atoms with Gasteiger partial charge in [0.25, 0.3) is 0 Å². The van der Waals surface area contributed by atoms with Crippen LogP contribution in [0.2, 0.25) is 0 Å². The molecule has 0 aromatic heterocycles. The number of hydrogen-bond donors (Lipinski definition) is 0. The molecule has 0 nitrogen and oxygen atoms in total. The van der Waals surface area contributed by atoms with Crippen LogP contribution in [0.5, 0.6) is 0 Å². The van der Waals surface area contributed by atoms with Gasteiger partial charge in [-0.2, -0.15) is 0 Å². The fourth-order valence-corrected chi connectivity index (χ4v) is 2.83. The Morgan fingerprint density at radius 1 is 0.760 bits per heavy atom. The molecule has 0 amide bonds. The first-order valence-electron chi connectivity index (χ1n) is 8.39. The highest BCUT2D eigenvalue weighted by molar-refractivity contribution is 5.69. The van der Waals surface area contributed by atoms with Crippen molar-refractivity contribution < 1.29 is 8.78 Å². The summed E-state index contributed by atoms with van der Waals surface area (Å²) in [5.41, 5.74) is 4.28. The summed E-state index contributed by atoms with van der Waals surface area (Å²) in [6, 6.07) is 22.7. The van der Waals surface area contributed by atoms with Gasteiger partial charge in [0.1, 0.15) is 0 Å². The first kappa shape index (κ1) is 17.1. The zero-order chi connectivity index (χ0) is 17.6. The molecule has 1 atom stereocenters. The normalized spacial score (nSPS) is 12.4. The molecule has 0 unspecified atom stereocenters. The van der Waals surface area contributed by atoms with Gasteiger partial charge in [-0.05, 0) is 46.7 Å². The molecule has 0 spiro atoms. The van der Waals surface area contributed by atoms with Crippen LogP contribution in [0.3, 0.4) is 0 Å². The molecule has 0 bridgehead atoms. The molecular formula is C23H20F2. The second-order valence-electron chi connectivity index (χ2n) is 6.26. The van der Waals surface area contributed by atoms with Crippen molar-refractivity contribution >= 4 is 12.2 Å². The van der Waals surface area contributed by atoms with E-state index in [0.717, 1.165) is 18.1 Å². The lowest BCUT2D eigenvalue weighted by Gasteiger charge is -2.12. The first-order chi connectivity index (χ1) is 12.1. The van der Waals surface area contributed by atoms with Crippen molar-refractivity contribution in [3.8, 4) is 0 Å². The van der Waals surface area contributed by atoms with Crippen LogP contribution in [-0.2, 0) is 6.42 Å². The van der Waals surface area contributed by atoms with Gasteiger partial charge in [0.2, 0.25) is 0 Å². The van der Waals surface area contributed by atoms with Crippen LogP contribution < -0.4 is 0 Å². The molecule has 0 N–H and O–H groups in total. The summed E-state index contributed by atoms with van der Waals surface area (Å²) >= 11 is 0. The Bertz CT molecular complexity index is 849. The summed E-state index contributed by atoms with van der Waals surface area (Å²) in [6.07, 6.45) is 4.67. The van der Waals surface area contributed by atoms with Gasteiger partial charge in [-0.1, -0.05) is 79.7 Å². The van der Waals surface area contributed by atoms with Gasteiger partial charge >= 0.3 is 0 Å². The molecule has 0 saturated carbocycles. The van der Waals surface area contributed by atoms with Gasteiger partial charge in [0, 0.05) is 0 Å². The molecule has 3 aromatic rings. The van der Waals surface area contributed by atoms with E-state index in [9.17, 15) is 8.78 Å². The van der Waals surface area contributed by atoms with Crippen LogP contribution in [0, 0.1) is 11.6 Å². The van der Waals surface area contributed by atoms with Crippen LogP contribution in [0.1, 0.15) is 35.1 Å². The number of halogens is 2. The number of rotatable bonds is 5. The minimum Gasteiger partial charge on any atom is -0.204 e. The SMILES string of the molecule is C[C@H](Cc1ccc(C=Cc2ccc(F)c(F)c2)cc1)c1ccccc1. The Kier molecular flexibility index (Phi) is 5.39. The third kappa shape index (κ3) is 4.63. The fourth-order valence-electron chi connectivity index (χ4n) is 2.83. The quantitative estimate of drug-likeness (QED) is 0.468. The van der Waals surface area contributed by atoms with Crippen molar-refractivity contribution in [2.24, 2.45) is 0 Å². The number of hydrogen-bond acceptors (Lipinski definition) is 0. The highest BCUT2D eigenvalue weighted by Gasteiger charge is 2.06. The molecule has 0 aliphatic rings. The third-order valence-corrected chi connectivity index (χ3v) is 4.30. The predicted octanol–water partition coefficient (Wildman–Crippen LogP) is 6.48. The van der Waals surface area contributed by atoms with Crippen molar-refractivity contribution in [3.63, 3.8) is 0 Å². The summed E-state index contributed by atoms with van der Waals surface area (Å²) in [4.78, 5) is 0. The highest BCUT2D eigenvalue weighted by atomic mass is 19.2. The van der Waals surface area contributed by atoms with Crippen LogP contribution >= 0.6 is 0 Å². The number of benzene rings is 3. The maximum absolute atomic E-state index is 13.2. The maximum Gasteiger partial charge on any atom is 0.159 e. The van der Waals surface area contributed by atoms with Crippen molar-refractivity contribution in [2.45, 2.75) is 19.3 Å². The minimum absolute atomic E-state index is 0.463. The zero-order valence-corrected chi connectivity index (χ0v) is 14.1. The molecule has 25 heavy (non-hydrogen) atoms. The lowest BCUT2D eigenvalue weighted by Crippen LogP contribution is -1.98. The van der Waals surface area contributed by atoms with Gasteiger partial charge in [0.15, 0.2) is 11.6 Å². The van der Waals surface area contributed by atoms with E-state index < -0.39 is 11.6 Å². The molecular weight excluding hydrogens is 314 g/mol. The Labute approximate surface area is 147 Å². The largest absolute Gasteiger partial charge is 0.204 e. The van der Waals surface area contributed by atoms with Crippen LogP contribution in [0.15, 0.2) is 72.8 Å². The van der Waals surface area contributed by atoms with E-state index >= 15 is 0 Å². The third-order valence-electron chi connectivity index (χ3n) is 4.30. The predicted molar refractivity (Wildman–Crippen MR) is 100 cm³/mol. The molecule has 0 heterocycles. The monoisotopic (exact) mass is 334 g/mol. The lowest BCUT2D eigenvalue weighted by atomic mass is 9.93. The Balaban J connectivity index is 1.65. The molecule has 0 fully saturated rings. The Morgan fingerprint density at radius 3 is 2.08 bits per heavy atom. The van der Waals surface area contributed by atoms with Crippen LogP contribution in [0.25, 0.3) is 12.2 Å². The smallest absolute Gasteiger partial charge is 0.159 e. The van der Waals surface area contributed by atoms with Gasteiger partial charge in [-0.3, -0.25) is 0 Å². The molecule has 3 aromatic carbocycles. The molecule has 0 saturated heterocycles. The van der Waals surface area contributed by atoms with Gasteiger partial charge in [0.05, 0.1) is 0 Å². The average Bonchev–Trinajstić information content (AvgIpc) is 2.64. The fraction of sp³-hybridized carbons (Fsp3) is 0.130. The average molecular weight is 334 g/mol. The van der Waals surface area contributed by atoms with Crippen molar-refractivity contribution in [1.29, 1.82) is 0 Å². The van der Waals surface area contributed by atoms with E-state index in [4.69, 9.17) is 0 Å². The molecule has 0 radical (unpaired) electrons. The molecule has 3 rings (SSSR count). The van der Waals surface area contributed by atoms with E-state index in [2.05, 4.69) is 43.3 Å². The van der Waals surface area contributed by atoms with Crippen molar-refractivity contribution in [3.05, 3.63) is 107 Å². The summed E-state index contributed by atoms with van der Waals surface area (Å²) < 4.78 is 26.1. The standard InChI is InChI=1S/C23H20F2/c1-17(21-5-3-2-4-6-21)15-19-10-7-18(8-11-19)9-12-20-13-14-22(24)23(25)16-20/h2-14,16-17H,15H2,1H3/t17-/m1/s1. The van der Waals surface area contributed by atoms with Crippen molar-refractivity contribution in [1.82, 2.24) is 0 Å². The molecule has 0 aliphatic heterocycles. The van der Waals surface area contributed by atoms with Crippen LogP contribution in [-0.4, -0.2) is 0 Å². The van der Waals surface area contributed by atoms with E-state index in [1.54, 1.807) is 12.1 Å². The van der Waals surface area contributed by atoms with Gasteiger partial charge < -0.3 is 0 Å². The lowest BCUT2D eigenvalue weighted by molar-refractivity contribution is 0.508. The Morgan fingerprint density at radius 2 is 1.40 bits per heavy atom. The Hall–Kier alpha value is -2.74. The molecule has 126 valence electrons. The molecule has 0 aliphatic carbocycles. The summed E-state index contributed by atoms with van der Waals surface area (Å²) in [5, 5.41) is 0. The topological polar surface area (TPSA) is 0 Å². The summed E-state index contributed by atoms with van der Waals surface area (Å²) in [7, 11) is 0. The molecule has 2 heteroatoms. The van der Waals surface area contributed by atoms with E-state index in [0.29, 0.717) is 11.5 Å². The second kappa shape index (κ2) is 7.89. The van der Waals surface area contributed by atoms with E-state index in [1.807, 2.05) is 24.3 Å². The van der Waals surface area contributed by atoms with E-state index in [1.165, 1.54) is 17.2 Å². The minimum atomic E-state index is -0.826. The van der Waals surface area contributed by atoms with E-state index in [-0.39, 0.29) is 0 Å². The highest BCUT2D eigenvalue weighted by Crippen LogP contribution is 2.21. The van der Waals surface area contributed by atoms with Gasteiger partial charge in [-0.15, -0.1) is 0 Å². The second-order valence-corrected chi connectivity index (χ2v) is 6.26. The first-order valence-corrected chi connectivity index (χ1v) is 8.39. The summed E-state index contributed by atoms with van der Waals surface area (Å²) in [5.74, 6) is -1.19. The maximum atomic E-state index is 13.2. The zero-order valence-electron chi connectivity index (χ0n) is 14.1. The van der Waals surface area contributed by atoms with Crippen molar-refractivity contribution in [2.75, 3.05) is 0 Å². The van der Waals surface area contributed by atoms with Gasteiger partial charge in [-0.25, -0.2) is 8.78 Å². The summed E-state index contributed by atoms with van der Waals surface area (Å²) in [6.45, 7) is 2.23.